The van der Waals surface area contributed by atoms with Gasteiger partial charge in [0.05, 0.1) is 6.21 Å². The summed E-state index contributed by atoms with van der Waals surface area (Å²) in [4.78, 5) is 24.7. The number of nitrogens with zero attached hydrogens (tertiary/aromatic N) is 2. The van der Waals surface area contributed by atoms with E-state index in [1.165, 1.54) is 16.8 Å². The van der Waals surface area contributed by atoms with Gasteiger partial charge in [0.2, 0.25) is 0 Å². The predicted molar refractivity (Wildman–Crippen MR) is 109 cm³/mol. The quantitative estimate of drug-likeness (QED) is 0.490. The fourth-order valence-corrected chi connectivity index (χ4v) is 3.13. The number of amides is 1. The zero-order valence-electron chi connectivity index (χ0n) is 14.8. The summed E-state index contributed by atoms with van der Waals surface area (Å²) in [6.45, 7) is 3.73. The third kappa shape index (κ3) is 3.93. The summed E-state index contributed by atoms with van der Waals surface area (Å²) in [5.41, 5.74) is 2.47. The highest BCUT2D eigenvalue weighted by Crippen LogP contribution is 2.27. The lowest BCUT2D eigenvalue weighted by molar-refractivity contribution is 0.0953. The Morgan fingerprint density at radius 1 is 1.26 bits per heavy atom. The number of carbonyl (C=O) groups is 1. The maximum absolute atomic E-state index is 12.4. The number of fused-ring (bicyclic) bond motifs is 1. The molecule has 0 fully saturated rings. The molecule has 7 heteroatoms. The predicted octanol–water partition coefficient (Wildman–Crippen LogP) is 3.81. The van der Waals surface area contributed by atoms with Crippen molar-refractivity contribution >= 4 is 38.8 Å². The molecular formula is C20H18BrN3O3. The molecule has 0 atom stereocenters. The number of hydrazone groups is 1. The molecule has 0 aliphatic heterocycles. The van der Waals surface area contributed by atoms with Crippen LogP contribution in [0.1, 0.15) is 35.8 Å². The van der Waals surface area contributed by atoms with Crippen molar-refractivity contribution in [3.8, 4) is 5.75 Å². The van der Waals surface area contributed by atoms with Crippen molar-refractivity contribution in [2.75, 3.05) is 0 Å². The van der Waals surface area contributed by atoms with E-state index in [1.54, 1.807) is 24.4 Å². The molecule has 138 valence electrons. The lowest BCUT2D eigenvalue weighted by Crippen LogP contribution is -2.31. The van der Waals surface area contributed by atoms with Gasteiger partial charge in [0.15, 0.2) is 0 Å². The van der Waals surface area contributed by atoms with Gasteiger partial charge < -0.3 is 9.67 Å². The summed E-state index contributed by atoms with van der Waals surface area (Å²) in [5.74, 6) is -0.557. The molecule has 0 radical (unpaired) electrons. The van der Waals surface area contributed by atoms with Gasteiger partial charge in [-0.15, -0.1) is 0 Å². The second kappa shape index (κ2) is 7.75. The Balaban J connectivity index is 1.88. The summed E-state index contributed by atoms with van der Waals surface area (Å²) >= 11 is 3.41. The van der Waals surface area contributed by atoms with Crippen molar-refractivity contribution in [2.45, 2.75) is 19.9 Å². The Bertz CT molecular complexity index is 1100. The van der Waals surface area contributed by atoms with Crippen LogP contribution in [-0.4, -0.2) is 21.8 Å². The number of aromatic hydroxyl groups is 1. The van der Waals surface area contributed by atoms with E-state index in [0.717, 1.165) is 15.2 Å². The van der Waals surface area contributed by atoms with E-state index in [4.69, 9.17) is 0 Å². The highest BCUT2D eigenvalue weighted by molar-refractivity contribution is 9.10. The highest BCUT2D eigenvalue weighted by atomic mass is 79.9. The van der Waals surface area contributed by atoms with E-state index in [9.17, 15) is 14.7 Å². The van der Waals surface area contributed by atoms with E-state index in [-0.39, 0.29) is 22.9 Å². The summed E-state index contributed by atoms with van der Waals surface area (Å²) in [6, 6.07) is 12.0. The first kappa shape index (κ1) is 18.8. The largest absolute Gasteiger partial charge is 0.507 e. The Morgan fingerprint density at radius 2 is 2.04 bits per heavy atom. The van der Waals surface area contributed by atoms with Crippen LogP contribution < -0.4 is 11.0 Å². The van der Waals surface area contributed by atoms with Gasteiger partial charge in [-0.3, -0.25) is 9.59 Å². The molecule has 0 unspecified atom stereocenters. The number of phenols is 1. The lowest BCUT2D eigenvalue weighted by atomic mass is 10.0. The fraction of sp³-hybridized carbons (Fsp3) is 0.150. The van der Waals surface area contributed by atoms with Gasteiger partial charge in [0, 0.05) is 22.3 Å². The van der Waals surface area contributed by atoms with Gasteiger partial charge in [-0.05, 0) is 55.0 Å². The van der Waals surface area contributed by atoms with Gasteiger partial charge in [0.1, 0.15) is 11.3 Å². The van der Waals surface area contributed by atoms with E-state index in [1.807, 2.05) is 32.0 Å². The molecule has 0 aliphatic rings. The topological polar surface area (TPSA) is 83.7 Å². The number of hydrogen-bond donors (Lipinski definition) is 2. The molecule has 1 amide bonds. The third-order valence-corrected chi connectivity index (χ3v) is 4.63. The fourth-order valence-electron chi connectivity index (χ4n) is 2.75. The molecule has 0 aliphatic carbocycles. The van der Waals surface area contributed by atoms with Gasteiger partial charge in [0.25, 0.3) is 11.5 Å². The molecule has 0 saturated heterocycles. The average Bonchev–Trinajstić information content (AvgIpc) is 2.63. The molecule has 0 spiro atoms. The van der Waals surface area contributed by atoms with Crippen molar-refractivity contribution < 1.29 is 9.90 Å². The van der Waals surface area contributed by atoms with Crippen LogP contribution in [0, 0.1) is 0 Å². The molecule has 3 rings (SSSR count). The first-order valence-electron chi connectivity index (χ1n) is 8.34. The van der Waals surface area contributed by atoms with Gasteiger partial charge in [-0.1, -0.05) is 28.1 Å². The smallest absolute Gasteiger partial charge is 0.276 e. The molecule has 0 bridgehead atoms. The second-order valence-electron chi connectivity index (χ2n) is 6.29. The molecule has 27 heavy (non-hydrogen) atoms. The number of rotatable bonds is 4. The molecule has 1 heterocycles. The van der Waals surface area contributed by atoms with Crippen LogP contribution in [0.2, 0.25) is 0 Å². The van der Waals surface area contributed by atoms with E-state index in [0.29, 0.717) is 5.56 Å². The molecule has 2 N–H and O–H groups in total. The number of carbonyl (C=O) groups excluding carboxylic acids is 1. The zero-order chi connectivity index (χ0) is 19.6. The SMILES string of the molecule is CC(C)n1cccc(C(=O)N/N=C\c2c(O)ccc3cc(Br)ccc23)c1=O. The second-order valence-corrected chi connectivity index (χ2v) is 7.21. The first-order chi connectivity index (χ1) is 12.9. The van der Waals surface area contributed by atoms with Crippen molar-refractivity contribution in [1.82, 2.24) is 9.99 Å². The van der Waals surface area contributed by atoms with Crippen LogP contribution in [0.15, 0.2) is 63.0 Å². The lowest BCUT2D eigenvalue weighted by Gasteiger charge is -2.10. The monoisotopic (exact) mass is 427 g/mol. The number of halogens is 1. The molecule has 1 aromatic heterocycles. The standard InChI is InChI=1S/C20H18BrN3O3/c1-12(2)24-9-3-4-16(20(24)27)19(26)23-22-11-17-15-7-6-14(21)10-13(15)5-8-18(17)25/h3-12,25H,1-2H3,(H,23,26)/b22-11-. The Hall–Kier alpha value is -2.93. The summed E-state index contributed by atoms with van der Waals surface area (Å²) in [7, 11) is 0. The number of hydrogen-bond acceptors (Lipinski definition) is 4. The van der Waals surface area contributed by atoms with Gasteiger partial charge >= 0.3 is 0 Å². The minimum absolute atomic E-state index is 0.00872. The molecule has 2 aromatic carbocycles. The molecular weight excluding hydrogens is 410 g/mol. The van der Waals surface area contributed by atoms with Crippen LogP contribution in [-0.2, 0) is 0 Å². The van der Waals surface area contributed by atoms with Crippen molar-refractivity contribution in [1.29, 1.82) is 0 Å². The minimum Gasteiger partial charge on any atom is -0.507 e. The number of pyridine rings is 1. The summed E-state index contributed by atoms with van der Waals surface area (Å²) < 4.78 is 2.40. The summed E-state index contributed by atoms with van der Waals surface area (Å²) in [6.07, 6.45) is 3.01. The Labute approximate surface area is 164 Å². The first-order valence-corrected chi connectivity index (χ1v) is 9.13. The van der Waals surface area contributed by atoms with Gasteiger partial charge in [-0.25, -0.2) is 5.43 Å². The van der Waals surface area contributed by atoms with Crippen molar-refractivity contribution in [2.24, 2.45) is 5.10 Å². The van der Waals surface area contributed by atoms with Crippen LogP contribution in [0.25, 0.3) is 10.8 Å². The average molecular weight is 428 g/mol. The van der Waals surface area contributed by atoms with Crippen LogP contribution in [0.4, 0.5) is 0 Å². The number of aromatic nitrogens is 1. The number of nitrogens with one attached hydrogen (secondary N) is 1. The van der Waals surface area contributed by atoms with Crippen LogP contribution >= 0.6 is 15.9 Å². The van der Waals surface area contributed by atoms with E-state index in [2.05, 4.69) is 26.5 Å². The normalized spacial score (nSPS) is 11.4. The van der Waals surface area contributed by atoms with Crippen LogP contribution in [0.3, 0.4) is 0 Å². The van der Waals surface area contributed by atoms with Gasteiger partial charge in [-0.2, -0.15) is 5.10 Å². The molecule has 0 saturated carbocycles. The van der Waals surface area contributed by atoms with Crippen molar-refractivity contribution in [3.63, 3.8) is 0 Å². The minimum atomic E-state index is -0.603. The molecule has 3 aromatic rings. The van der Waals surface area contributed by atoms with Crippen LogP contribution in [0.5, 0.6) is 5.75 Å². The van der Waals surface area contributed by atoms with E-state index < -0.39 is 5.91 Å². The maximum atomic E-state index is 12.4. The number of benzene rings is 2. The van der Waals surface area contributed by atoms with E-state index >= 15 is 0 Å². The van der Waals surface area contributed by atoms with Crippen molar-refractivity contribution in [3.05, 3.63) is 74.6 Å². The zero-order valence-corrected chi connectivity index (χ0v) is 16.4. The maximum Gasteiger partial charge on any atom is 0.276 e. The number of phenolic OH excluding ortho intramolecular Hbond substituents is 1. The Morgan fingerprint density at radius 3 is 2.78 bits per heavy atom. The third-order valence-electron chi connectivity index (χ3n) is 4.14. The highest BCUT2D eigenvalue weighted by Gasteiger charge is 2.13. The summed E-state index contributed by atoms with van der Waals surface area (Å²) in [5, 5.41) is 15.8. The molecule has 6 nitrogen and oxygen atoms in total. The Kier molecular flexibility index (Phi) is 5.41.